The van der Waals surface area contributed by atoms with Crippen LogP contribution in [0.1, 0.15) is 26.2 Å². The van der Waals surface area contributed by atoms with Gasteiger partial charge in [-0.05, 0) is 44.2 Å². The van der Waals surface area contributed by atoms with Gasteiger partial charge < -0.3 is 5.32 Å². The van der Waals surface area contributed by atoms with Crippen molar-refractivity contribution < 1.29 is 0 Å². The molecule has 64 valence electrons. The summed E-state index contributed by atoms with van der Waals surface area (Å²) >= 11 is 0. The van der Waals surface area contributed by atoms with E-state index in [1.807, 2.05) is 6.08 Å². The van der Waals surface area contributed by atoms with E-state index in [4.69, 9.17) is 0 Å². The van der Waals surface area contributed by atoms with Crippen molar-refractivity contribution in [3.8, 4) is 0 Å². The van der Waals surface area contributed by atoms with Crippen LogP contribution in [0.5, 0.6) is 0 Å². The highest BCUT2D eigenvalue weighted by Crippen LogP contribution is 2.22. The molecule has 1 aliphatic heterocycles. The van der Waals surface area contributed by atoms with Gasteiger partial charge in [-0.25, -0.2) is 0 Å². The van der Waals surface area contributed by atoms with Gasteiger partial charge in [0.05, 0.1) is 0 Å². The van der Waals surface area contributed by atoms with Gasteiger partial charge in [0.1, 0.15) is 0 Å². The molecule has 1 N–H and O–H groups in total. The van der Waals surface area contributed by atoms with Crippen molar-refractivity contribution in [1.82, 2.24) is 5.32 Å². The topological polar surface area (TPSA) is 12.0 Å². The zero-order chi connectivity index (χ0) is 8.10. The molecule has 1 heteroatoms. The van der Waals surface area contributed by atoms with Crippen LogP contribution in [-0.4, -0.2) is 13.1 Å². The molecule has 2 atom stereocenters. The van der Waals surface area contributed by atoms with Gasteiger partial charge in [0.25, 0.3) is 0 Å². The molecule has 0 amide bonds. The molecular formula is C10H19N. The number of rotatable bonds is 3. The summed E-state index contributed by atoms with van der Waals surface area (Å²) in [5, 5.41) is 3.44. The van der Waals surface area contributed by atoms with Gasteiger partial charge in [-0.1, -0.05) is 13.0 Å². The Hall–Kier alpha value is -0.300. The molecule has 1 heterocycles. The standard InChI is InChI=1S/C10H19N/c1-3-4-5-10-8-11-7-6-9(10)2/h3,9-11H,1,4-8H2,2H3. The van der Waals surface area contributed by atoms with Crippen LogP contribution in [0.25, 0.3) is 0 Å². The summed E-state index contributed by atoms with van der Waals surface area (Å²) in [5.74, 6) is 1.80. The molecule has 11 heavy (non-hydrogen) atoms. The highest BCUT2D eigenvalue weighted by molar-refractivity contribution is 4.78. The molecule has 0 saturated carbocycles. The number of hydrogen-bond donors (Lipinski definition) is 1. The fourth-order valence-electron chi connectivity index (χ4n) is 1.77. The zero-order valence-electron chi connectivity index (χ0n) is 7.47. The van der Waals surface area contributed by atoms with Crippen molar-refractivity contribution in [2.75, 3.05) is 13.1 Å². The lowest BCUT2D eigenvalue weighted by Crippen LogP contribution is -2.35. The minimum absolute atomic E-state index is 0.891. The Morgan fingerprint density at radius 2 is 2.45 bits per heavy atom. The smallest absolute Gasteiger partial charge is 0.00178 e. The third kappa shape index (κ3) is 2.66. The van der Waals surface area contributed by atoms with Crippen LogP contribution < -0.4 is 5.32 Å². The Balaban J connectivity index is 2.23. The Morgan fingerprint density at radius 1 is 1.64 bits per heavy atom. The average Bonchev–Trinajstić information content (AvgIpc) is 2.03. The van der Waals surface area contributed by atoms with E-state index in [2.05, 4.69) is 18.8 Å². The van der Waals surface area contributed by atoms with Gasteiger partial charge in [0.15, 0.2) is 0 Å². The van der Waals surface area contributed by atoms with Crippen molar-refractivity contribution in [2.45, 2.75) is 26.2 Å². The summed E-state index contributed by atoms with van der Waals surface area (Å²) in [6.07, 6.45) is 5.87. The Kier molecular flexibility index (Phi) is 3.64. The van der Waals surface area contributed by atoms with Gasteiger partial charge in [-0.3, -0.25) is 0 Å². The number of nitrogens with one attached hydrogen (secondary N) is 1. The fourth-order valence-corrected chi connectivity index (χ4v) is 1.77. The van der Waals surface area contributed by atoms with Gasteiger partial charge in [0.2, 0.25) is 0 Å². The molecule has 1 nitrogen and oxygen atoms in total. The molecule has 0 spiro atoms. The molecule has 1 rings (SSSR count). The van der Waals surface area contributed by atoms with Crippen molar-refractivity contribution >= 4 is 0 Å². The molecule has 0 aromatic rings. The quantitative estimate of drug-likeness (QED) is 0.613. The molecule has 0 aromatic heterocycles. The minimum Gasteiger partial charge on any atom is -0.316 e. The monoisotopic (exact) mass is 153 g/mol. The SMILES string of the molecule is C=CCCC1CNCCC1C. The van der Waals surface area contributed by atoms with E-state index >= 15 is 0 Å². The van der Waals surface area contributed by atoms with Crippen LogP contribution in [0.2, 0.25) is 0 Å². The van der Waals surface area contributed by atoms with Gasteiger partial charge >= 0.3 is 0 Å². The van der Waals surface area contributed by atoms with Crippen LogP contribution in [0.4, 0.5) is 0 Å². The molecule has 0 aliphatic carbocycles. The van der Waals surface area contributed by atoms with Crippen LogP contribution in [-0.2, 0) is 0 Å². The minimum atomic E-state index is 0.891. The summed E-state index contributed by atoms with van der Waals surface area (Å²) in [6, 6.07) is 0. The van der Waals surface area contributed by atoms with E-state index in [0.29, 0.717) is 0 Å². The highest BCUT2D eigenvalue weighted by Gasteiger charge is 2.19. The van der Waals surface area contributed by atoms with Crippen molar-refractivity contribution in [1.29, 1.82) is 0 Å². The molecule has 1 aliphatic rings. The van der Waals surface area contributed by atoms with Gasteiger partial charge in [-0.2, -0.15) is 0 Å². The molecule has 2 unspecified atom stereocenters. The summed E-state index contributed by atoms with van der Waals surface area (Å²) in [4.78, 5) is 0. The second kappa shape index (κ2) is 4.55. The van der Waals surface area contributed by atoms with E-state index in [0.717, 1.165) is 11.8 Å². The molecule has 0 radical (unpaired) electrons. The highest BCUT2D eigenvalue weighted by atomic mass is 14.9. The van der Waals surface area contributed by atoms with Gasteiger partial charge in [0, 0.05) is 0 Å². The summed E-state index contributed by atoms with van der Waals surface area (Å²) < 4.78 is 0. The largest absolute Gasteiger partial charge is 0.316 e. The number of hydrogen-bond acceptors (Lipinski definition) is 1. The molecular weight excluding hydrogens is 134 g/mol. The lowest BCUT2D eigenvalue weighted by molar-refractivity contribution is 0.261. The normalized spacial score (nSPS) is 31.7. The van der Waals surface area contributed by atoms with E-state index in [9.17, 15) is 0 Å². The second-order valence-corrected chi connectivity index (χ2v) is 3.60. The first-order chi connectivity index (χ1) is 5.34. The van der Waals surface area contributed by atoms with Crippen LogP contribution in [0, 0.1) is 11.8 Å². The maximum atomic E-state index is 3.75. The van der Waals surface area contributed by atoms with E-state index < -0.39 is 0 Å². The maximum Gasteiger partial charge on any atom is -0.00178 e. The predicted molar refractivity (Wildman–Crippen MR) is 49.6 cm³/mol. The van der Waals surface area contributed by atoms with Crippen molar-refractivity contribution in [3.05, 3.63) is 12.7 Å². The summed E-state index contributed by atoms with van der Waals surface area (Å²) in [5.41, 5.74) is 0. The first-order valence-corrected chi connectivity index (χ1v) is 4.66. The number of piperidine rings is 1. The first kappa shape index (κ1) is 8.79. The van der Waals surface area contributed by atoms with Crippen molar-refractivity contribution in [3.63, 3.8) is 0 Å². The van der Waals surface area contributed by atoms with E-state index in [1.165, 1.54) is 32.4 Å². The Morgan fingerprint density at radius 3 is 3.09 bits per heavy atom. The first-order valence-electron chi connectivity index (χ1n) is 4.66. The maximum absolute atomic E-state index is 3.75. The lowest BCUT2D eigenvalue weighted by atomic mass is 9.85. The van der Waals surface area contributed by atoms with E-state index in [-0.39, 0.29) is 0 Å². The third-order valence-electron chi connectivity index (χ3n) is 2.73. The molecule has 1 saturated heterocycles. The van der Waals surface area contributed by atoms with Crippen LogP contribution >= 0.6 is 0 Å². The predicted octanol–water partition coefficient (Wildman–Crippen LogP) is 2.20. The summed E-state index contributed by atoms with van der Waals surface area (Å²) in [7, 11) is 0. The molecule has 0 aromatic carbocycles. The Bertz CT molecular complexity index is 120. The fraction of sp³-hybridized carbons (Fsp3) is 0.800. The lowest BCUT2D eigenvalue weighted by Gasteiger charge is -2.29. The zero-order valence-corrected chi connectivity index (χ0v) is 7.47. The Labute approximate surface area is 69.9 Å². The van der Waals surface area contributed by atoms with Crippen molar-refractivity contribution in [2.24, 2.45) is 11.8 Å². The molecule has 1 fully saturated rings. The van der Waals surface area contributed by atoms with Crippen LogP contribution in [0.3, 0.4) is 0 Å². The third-order valence-corrected chi connectivity index (χ3v) is 2.73. The average molecular weight is 153 g/mol. The summed E-state index contributed by atoms with van der Waals surface area (Å²) in [6.45, 7) is 8.55. The van der Waals surface area contributed by atoms with Crippen LogP contribution in [0.15, 0.2) is 12.7 Å². The van der Waals surface area contributed by atoms with Gasteiger partial charge in [-0.15, -0.1) is 6.58 Å². The van der Waals surface area contributed by atoms with E-state index in [1.54, 1.807) is 0 Å². The molecule has 0 bridgehead atoms. The number of allylic oxidation sites excluding steroid dienone is 1. The second-order valence-electron chi connectivity index (χ2n) is 3.60.